The van der Waals surface area contributed by atoms with Crippen molar-refractivity contribution in [3.8, 4) is 33.4 Å². The number of pyridine rings is 3. The van der Waals surface area contributed by atoms with E-state index in [1.807, 2.05) is 0 Å². The van der Waals surface area contributed by atoms with Crippen molar-refractivity contribution in [1.82, 2.24) is 15.0 Å². The first-order valence-electron chi connectivity index (χ1n) is 18.3. The summed E-state index contributed by atoms with van der Waals surface area (Å²) >= 11 is 0. The number of fused-ring (bicyclic) bond motifs is 18. The lowest BCUT2D eigenvalue weighted by Gasteiger charge is -2.07. The highest BCUT2D eigenvalue weighted by Gasteiger charge is 2.08. The second-order valence-electron chi connectivity index (χ2n) is 13.7. The fourth-order valence-electron chi connectivity index (χ4n) is 7.38. The van der Waals surface area contributed by atoms with Gasteiger partial charge in [0.05, 0.1) is 33.1 Å². The maximum Gasteiger partial charge on any atom is 0.0715 e. The zero-order valence-corrected chi connectivity index (χ0v) is 29.4. The molecule has 12 bridgehead atoms. The summed E-state index contributed by atoms with van der Waals surface area (Å²) in [5, 5.41) is 6.17. The van der Waals surface area contributed by atoms with E-state index in [4.69, 9.17) is 15.0 Å². The van der Waals surface area contributed by atoms with E-state index >= 15 is 0 Å². The Balaban J connectivity index is 1.41. The van der Waals surface area contributed by atoms with Gasteiger partial charge in [0.25, 0.3) is 0 Å². The van der Waals surface area contributed by atoms with Crippen molar-refractivity contribution in [2.75, 3.05) is 0 Å². The molecule has 0 amide bonds. The molecule has 0 aliphatic rings. The predicted molar refractivity (Wildman–Crippen MR) is 228 cm³/mol. The Labute approximate surface area is 312 Å². The lowest BCUT2D eigenvalue weighted by Crippen LogP contribution is -1.87. The number of rotatable bonds is 3. The van der Waals surface area contributed by atoms with Crippen molar-refractivity contribution in [3.05, 3.63) is 200 Å². The summed E-state index contributed by atoms with van der Waals surface area (Å²) in [6.45, 7) is 0. The van der Waals surface area contributed by atoms with Crippen LogP contribution in [0.25, 0.3) is 98.8 Å². The maximum absolute atomic E-state index is 5.34. The predicted octanol–water partition coefficient (Wildman–Crippen LogP) is 13.5. The Morgan fingerprint density at radius 3 is 0.630 bits per heavy atom. The minimum Gasteiger partial charge on any atom is -0.248 e. The standard InChI is InChI=1S/C51H33N3/c1-4-13-34(14-5-1)43-28-46-37-19-10-21-39(25-37)48-30-44(35-15-6-2-7-16-35)32-50(53-48)41-23-12-24-42(27-41)51-33-45(36-17-8-3-9-18-36)31-49(54-51)40-22-11-20-38(26-40)47(29-43)52-46/h1-33H. The third-order valence-electron chi connectivity index (χ3n) is 10.2. The van der Waals surface area contributed by atoms with Gasteiger partial charge in [-0.1, -0.05) is 146 Å². The van der Waals surface area contributed by atoms with Crippen LogP contribution in [0.5, 0.6) is 0 Å². The smallest absolute Gasteiger partial charge is 0.0715 e. The van der Waals surface area contributed by atoms with Crippen LogP contribution >= 0.6 is 0 Å². The van der Waals surface area contributed by atoms with Gasteiger partial charge in [0.15, 0.2) is 0 Å². The molecule has 0 saturated heterocycles. The summed E-state index contributed by atoms with van der Waals surface area (Å²) in [6, 6.07) is 70.7. The third-order valence-corrected chi connectivity index (χ3v) is 10.2. The van der Waals surface area contributed by atoms with Crippen LogP contribution in [0, 0.1) is 0 Å². The Bertz CT molecular complexity index is 2660. The summed E-state index contributed by atoms with van der Waals surface area (Å²) in [7, 11) is 0. The summed E-state index contributed by atoms with van der Waals surface area (Å²) in [5.41, 5.74) is 12.2. The van der Waals surface area contributed by atoms with Crippen LogP contribution in [-0.4, -0.2) is 15.0 Å². The molecule has 0 unspecified atom stereocenters. The molecule has 54 heavy (non-hydrogen) atoms. The van der Waals surface area contributed by atoms with E-state index in [1.165, 1.54) is 0 Å². The van der Waals surface area contributed by atoms with Crippen molar-refractivity contribution in [1.29, 1.82) is 0 Å². The molecule has 0 fully saturated rings. The largest absolute Gasteiger partial charge is 0.248 e. The first kappa shape index (κ1) is 31.5. The van der Waals surface area contributed by atoms with E-state index in [0.29, 0.717) is 0 Å². The van der Waals surface area contributed by atoms with Crippen LogP contribution < -0.4 is 0 Å². The minimum atomic E-state index is 0.901. The summed E-state index contributed by atoms with van der Waals surface area (Å²) in [6.07, 6.45) is 0. The van der Waals surface area contributed by atoms with Crippen molar-refractivity contribution in [3.63, 3.8) is 0 Å². The van der Waals surface area contributed by atoms with E-state index < -0.39 is 0 Å². The van der Waals surface area contributed by atoms with Gasteiger partial charge in [-0.3, -0.25) is 0 Å². The van der Waals surface area contributed by atoms with Gasteiger partial charge in [-0.25, -0.2) is 15.0 Å². The second-order valence-corrected chi connectivity index (χ2v) is 13.7. The molecule has 0 aliphatic heterocycles. The van der Waals surface area contributed by atoms with Crippen molar-refractivity contribution >= 4 is 65.4 Å². The molecule has 0 aliphatic carbocycles. The number of aromatic nitrogens is 3. The SMILES string of the molecule is c1ccc(-c2cc3nc(c2)c2cccc(c2)c2cc(-c4ccccc4)cc(n2)c2cccc(c2)c2cc(-c4ccccc4)cc(n2)c2cccc3c2)cc1. The van der Waals surface area contributed by atoms with E-state index in [-0.39, 0.29) is 0 Å². The first-order valence-corrected chi connectivity index (χ1v) is 18.3. The molecule has 10 rings (SSSR count). The maximum atomic E-state index is 5.34. The molecular weight excluding hydrogens is 655 g/mol. The lowest BCUT2D eigenvalue weighted by atomic mass is 10.0. The van der Waals surface area contributed by atoms with E-state index in [1.54, 1.807) is 0 Å². The molecule has 4 heterocycles. The normalized spacial score (nSPS) is 11.3. The van der Waals surface area contributed by atoms with Crippen LogP contribution in [0.1, 0.15) is 0 Å². The van der Waals surface area contributed by atoms with Crippen molar-refractivity contribution in [2.45, 2.75) is 0 Å². The minimum absolute atomic E-state index is 0.901. The second kappa shape index (κ2) is 13.4. The van der Waals surface area contributed by atoms with E-state index in [2.05, 4.69) is 200 Å². The van der Waals surface area contributed by atoms with E-state index in [0.717, 1.165) is 98.8 Å². The average molecular weight is 688 g/mol. The van der Waals surface area contributed by atoms with Gasteiger partial charge in [-0.2, -0.15) is 0 Å². The molecule has 6 aromatic carbocycles. The highest BCUT2D eigenvalue weighted by atomic mass is 14.7. The molecule has 4 aromatic heterocycles. The lowest BCUT2D eigenvalue weighted by molar-refractivity contribution is 1.48. The van der Waals surface area contributed by atoms with Crippen LogP contribution in [-0.2, 0) is 0 Å². The summed E-state index contributed by atoms with van der Waals surface area (Å²) < 4.78 is 0. The van der Waals surface area contributed by atoms with Gasteiger partial charge in [0, 0.05) is 32.3 Å². The highest BCUT2D eigenvalue weighted by molar-refractivity contribution is 5.99. The van der Waals surface area contributed by atoms with Gasteiger partial charge in [-0.05, 0) is 88.0 Å². The number of benzene rings is 6. The summed E-state index contributed by atoms with van der Waals surface area (Å²) in [5.74, 6) is 0. The quantitative estimate of drug-likeness (QED) is 0.186. The molecule has 0 N–H and O–H groups in total. The molecule has 0 saturated carbocycles. The topological polar surface area (TPSA) is 38.7 Å². The van der Waals surface area contributed by atoms with Gasteiger partial charge in [0.1, 0.15) is 0 Å². The molecule has 3 heteroatoms. The molecule has 252 valence electrons. The molecule has 0 atom stereocenters. The van der Waals surface area contributed by atoms with E-state index in [9.17, 15) is 0 Å². The Hall–Kier alpha value is -7.23. The summed E-state index contributed by atoms with van der Waals surface area (Å²) in [4.78, 5) is 16.0. The number of hydrogen-bond acceptors (Lipinski definition) is 3. The van der Waals surface area contributed by atoms with Gasteiger partial charge >= 0.3 is 0 Å². The molecule has 0 radical (unpaired) electrons. The first-order chi connectivity index (χ1) is 26.7. The van der Waals surface area contributed by atoms with Crippen LogP contribution in [0.2, 0.25) is 0 Å². The van der Waals surface area contributed by atoms with Gasteiger partial charge in [0.2, 0.25) is 0 Å². The molecular formula is C51H33N3. The van der Waals surface area contributed by atoms with Gasteiger partial charge in [-0.15, -0.1) is 0 Å². The van der Waals surface area contributed by atoms with Crippen LogP contribution in [0.15, 0.2) is 200 Å². The number of hydrogen-bond donors (Lipinski definition) is 0. The Kier molecular flexibility index (Phi) is 7.81. The molecule has 0 spiro atoms. The Morgan fingerprint density at radius 1 is 0.185 bits per heavy atom. The third kappa shape index (κ3) is 6.08. The molecule has 3 nitrogen and oxygen atoms in total. The van der Waals surface area contributed by atoms with Crippen LogP contribution in [0.3, 0.4) is 0 Å². The highest BCUT2D eigenvalue weighted by Crippen LogP contribution is 2.31. The van der Waals surface area contributed by atoms with Crippen molar-refractivity contribution in [2.24, 2.45) is 0 Å². The zero-order chi connectivity index (χ0) is 35.8. The fourth-order valence-corrected chi connectivity index (χ4v) is 7.38. The molecule has 10 aromatic rings. The van der Waals surface area contributed by atoms with Crippen molar-refractivity contribution < 1.29 is 0 Å². The zero-order valence-electron chi connectivity index (χ0n) is 29.4. The number of nitrogens with zero attached hydrogens (tertiary/aromatic N) is 3. The Morgan fingerprint density at radius 2 is 0.407 bits per heavy atom. The fraction of sp³-hybridized carbons (Fsp3) is 0. The van der Waals surface area contributed by atoms with Crippen LogP contribution in [0.4, 0.5) is 0 Å². The monoisotopic (exact) mass is 687 g/mol. The van der Waals surface area contributed by atoms with Gasteiger partial charge < -0.3 is 0 Å². The average Bonchev–Trinajstić information content (AvgIpc) is 3.26.